The van der Waals surface area contributed by atoms with Crippen LogP contribution in [0.25, 0.3) is 0 Å². The Morgan fingerprint density at radius 2 is 1.52 bits per heavy atom. The van der Waals surface area contributed by atoms with Crippen LogP contribution in [0.4, 0.5) is 8.78 Å². The number of hydrogen-bond acceptors (Lipinski definition) is 3. The van der Waals surface area contributed by atoms with E-state index in [2.05, 4.69) is 4.98 Å². The average molecular weight is 449 g/mol. The molecule has 0 saturated carbocycles. The molecule has 1 atom stereocenters. The second kappa shape index (κ2) is 7.72. The van der Waals surface area contributed by atoms with Crippen molar-refractivity contribution in [1.29, 1.82) is 0 Å². The topological polar surface area (TPSA) is 47.0 Å². The van der Waals surface area contributed by atoms with Gasteiger partial charge in [0.15, 0.2) is 9.84 Å². The predicted molar refractivity (Wildman–Crippen MR) is 101 cm³/mol. The summed E-state index contributed by atoms with van der Waals surface area (Å²) in [5, 5.41) is -1.62. The number of aromatic nitrogens is 1. The molecule has 3 aromatic rings. The zero-order valence-electron chi connectivity index (χ0n) is 13.3. The summed E-state index contributed by atoms with van der Waals surface area (Å²) in [6.45, 7) is 0. The van der Waals surface area contributed by atoms with Crippen molar-refractivity contribution >= 4 is 44.6 Å². The normalized spacial score (nSPS) is 12.8. The monoisotopic (exact) mass is 447 g/mol. The molecule has 27 heavy (non-hydrogen) atoms. The molecule has 3 nitrogen and oxygen atoms in total. The molecule has 0 radical (unpaired) electrons. The van der Waals surface area contributed by atoms with Crippen molar-refractivity contribution in [3.8, 4) is 0 Å². The molecule has 0 spiro atoms. The van der Waals surface area contributed by atoms with Gasteiger partial charge in [-0.05, 0) is 48.0 Å². The fraction of sp³-hybridized carbons (Fsp3) is 0.0556. The van der Waals surface area contributed by atoms with Gasteiger partial charge in [-0.1, -0.05) is 40.9 Å². The van der Waals surface area contributed by atoms with E-state index in [0.29, 0.717) is 5.02 Å². The van der Waals surface area contributed by atoms with Gasteiger partial charge in [-0.2, -0.15) is 0 Å². The quantitative estimate of drug-likeness (QED) is 0.468. The summed E-state index contributed by atoms with van der Waals surface area (Å²) in [5.41, 5.74) is -0.743. The maximum Gasteiger partial charge on any atom is 0.189 e. The van der Waals surface area contributed by atoms with Crippen molar-refractivity contribution in [2.75, 3.05) is 0 Å². The lowest BCUT2D eigenvalue weighted by atomic mass is 10.0. The molecule has 1 aromatic heterocycles. The first-order chi connectivity index (χ1) is 12.7. The molecule has 140 valence electrons. The Morgan fingerprint density at radius 1 is 0.926 bits per heavy atom. The summed E-state index contributed by atoms with van der Waals surface area (Å²) in [6, 6.07) is 9.49. The van der Waals surface area contributed by atoms with Gasteiger partial charge in [0.05, 0.1) is 9.92 Å². The van der Waals surface area contributed by atoms with E-state index in [0.717, 1.165) is 24.4 Å². The third-order valence-corrected chi connectivity index (χ3v) is 6.66. The highest BCUT2D eigenvalue weighted by Crippen LogP contribution is 2.41. The third kappa shape index (κ3) is 3.94. The first-order valence-electron chi connectivity index (χ1n) is 7.46. The van der Waals surface area contributed by atoms with Crippen molar-refractivity contribution in [2.24, 2.45) is 0 Å². The van der Waals surface area contributed by atoms with Gasteiger partial charge in [0, 0.05) is 16.8 Å². The minimum absolute atomic E-state index is 0.0672. The van der Waals surface area contributed by atoms with Crippen LogP contribution in [0.5, 0.6) is 0 Å². The highest BCUT2D eigenvalue weighted by Gasteiger charge is 2.36. The van der Waals surface area contributed by atoms with E-state index in [1.165, 1.54) is 30.3 Å². The minimum atomic E-state index is -4.32. The molecule has 0 amide bonds. The Labute approximate surface area is 169 Å². The summed E-state index contributed by atoms with van der Waals surface area (Å²) in [6.07, 6.45) is 1.13. The predicted octanol–water partition coefficient (Wildman–Crippen LogP) is 5.88. The van der Waals surface area contributed by atoms with Gasteiger partial charge in [0.1, 0.15) is 22.0 Å². The van der Waals surface area contributed by atoms with Crippen LogP contribution in [0, 0.1) is 11.6 Å². The Kier molecular flexibility index (Phi) is 5.72. The highest BCUT2D eigenvalue weighted by atomic mass is 35.5. The van der Waals surface area contributed by atoms with E-state index >= 15 is 0 Å². The molecule has 0 aliphatic heterocycles. The lowest BCUT2D eigenvalue weighted by Crippen LogP contribution is -2.19. The number of nitrogens with zero attached hydrogens (tertiary/aromatic N) is 1. The largest absolute Gasteiger partial charge is 0.243 e. The van der Waals surface area contributed by atoms with Gasteiger partial charge < -0.3 is 0 Å². The second-order valence-corrected chi connectivity index (χ2v) is 8.81. The van der Waals surface area contributed by atoms with Gasteiger partial charge >= 0.3 is 0 Å². The molecule has 0 aliphatic rings. The zero-order valence-corrected chi connectivity index (χ0v) is 16.4. The third-order valence-electron chi connectivity index (χ3n) is 3.85. The SMILES string of the molecule is O=S(=O)(c1ccc(Cl)cc1)C(c1cc(Cl)ncc1Cl)c1c(F)cccc1F. The van der Waals surface area contributed by atoms with Gasteiger partial charge in [-0.3, -0.25) is 0 Å². The van der Waals surface area contributed by atoms with E-state index in [1.54, 1.807) is 0 Å². The van der Waals surface area contributed by atoms with Crippen LogP contribution < -0.4 is 0 Å². The number of sulfone groups is 1. The lowest BCUT2D eigenvalue weighted by Gasteiger charge is -2.21. The zero-order chi connectivity index (χ0) is 19.8. The Hall–Kier alpha value is -1.73. The van der Waals surface area contributed by atoms with Gasteiger partial charge in [0.25, 0.3) is 0 Å². The van der Waals surface area contributed by atoms with Crippen molar-refractivity contribution < 1.29 is 17.2 Å². The van der Waals surface area contributed by atoms with Crippen molar-refractivity contribution in [1.82, 2.24) is 4.98 Å². The van der Waals surface area contributed by atoms with Crippen LogP contribution >= 0.6 is 34.8 Å². The molecule has 2 aromatic carbocycles. The summed E-state index contributed by atoms with van der Waals surface area (Å²) in [5.74, 6) is -2.05. The maximum absolute atomic E-state index is 14.5. The van der Waals surface area contributed by atoms with E-state index in [1.807, 2.05) is 0 Å². The molecule has 0 aliphatic carbocycles. The minimum Gasteiger partial charge on any atom is -0.243 e. The molecular weight excluding hydrogens is 439 g/mol. The van der Waals surface area contributed by atoms with Crippen molar-refractivity contribution in [3.63, 3.8) is 0 Å². The first-order valence-corrected chi connectivity index (χ1v) is 10.1. The molecule has 1 heterocycles. The van der Waals surface area contributed by atoms with Crippen LogP contribution in [0.2, 0.25) is 15.2 Å². The van der Waals surface area contributed by atoms with Crippen molar-refractivity contribution in [2.45, 2.75) is 10.1 Å². The summed E-state index contributed by atoms with van der Waals surface area (Å²) in [4.78, 5) is 3.58. The molecule has 0 N–H and O–H groups in total. The first kappa shape index (κ1) is 20.0. The van der Waals surface area contributed by atoms with Gasteiger partial charge in [-0.25, -0.2) is 22.2 Å². The average Bonchev–Trinajstić information content (AvgIpc) is 2.61. The molecule has 9 heteroatoms. The number of benzene rings is 2. The maximum atomic E-state index is 14.5. The second-order valence-electron chi connectivity index (χ2n) is 5.54. The smallest absolute Gasteiger partial charge is 0.189 e. The van der Waals surface area contributed by atoms with E-state index < -0.39 is 32.3 Å². The fourth-order valence-electron chi connectivity index (χ4n) is 2.63. The van der Waals surface area contributed by atoms with Crippen LogP contribution in [0.1, 0.15) is 16.4 Å². The summed E-state index contributed by atoms with van der Waals surface area (Å²) in [7, 11) is -4.32. The van der Waals surface area contributed by atoms with Crippen LogP contribution in [0.3, 0.4) is 0 Å². The van der Waals surface area contributed by atoms with E-state index in [4.69, 9.17) is 34.8 Å². The van der Waals surface area contributed by atoms with Gasteiger partial charge in [-0.15, -0.1) is 0 Å². The number of hydrogen-bond donors (Lipinski definition) is 0. The standard InChI is InChI=1S/C18H10Cl3F2NO2S/c19-10-4-6-11(7-5-10)27(25,26)18(12-8-16(21)24-9-13(12)20)17-14(22)2-1-3-15(17)23/h1-9,18H. The van der Waals surface area contributed by atoms with Crippen LogP contribution in [-0.4, -0.2) is 13.4 Å². The Morgan fingerprint density at radius 3 is 2.11 bits per heavy atom. The molecule has 0 saturated heterocycles. The Bertz CT molecular complexity index is 1090. The molecule has 0 fully saturated rings. The van der Waals surface area contributed by atoms with Crippen LogP contribution in [0.15, 0.2) is 59.6 Å². The van der Waals surface area contributed by atoms with Gasteiger partial charge in [0.2, 0.25) is 0 Å². The highest BCUT2D eigenvalue weighted by molar-refractivity contribution is 7.92. The molecule has 3 rings (SSSR count). The summed E-state index contributed by atoms with van der Waals surface area (Å²) >= 11 is 17.8. The molecular formula is C18H10Cl3F2NO2S. The number of pyridine rings is 1. The fourth-order valence-corrected chi connectivity index (χ4v) is 5.05. The summed E-state index contributed by atoms with van der Waals surface area (Å²) < 4.78 is 55.7. The van der Waals surface area contributed by atoms with Crippen molar-refractivity contribution in [3.05, 3.63) is 92.7 Å². The molecule has 1 unspecified atom stereocenters. The van der Waals surface area contributed by atoms with E-state index in [-0.39, 0.29) is 20.6 Å². The van der Waals surface area contributed by atoms with Crippen LogP contribution in [-0.2, 0) is 9.84 Å². The van der Waals surface area contributed by atoms with E-state index in [9.17, 15) is 17.2 Å². The lowest BCUT2D eigenvalue weighted by molar-refractivity contribution is 0.545. The number of rotatable bonds is 4. The molecule has 0 bridgehead atoms. The Balaban J connectivity index is 2.34. The number of halogens is 5.